The van der Waals surface area contributed by atoms with E-state index >= 15 is 0 Å². The third kappa shape index (κ3) is 3.18. The van der Waals surface area contributed by atoms with Gasteiger partial charge in [0.1, 0.15) is 5.82 Å². The summed E-state index contributed by atoms with van der Waals surface area (Å²) in [6, 6.07) is 15.6. The lowest BCUT2D eigenvalue weighted by Gasteiger charge is -2.18. The third-order valence-electron chi connectivity index (χ3n) is 4.64. The molecule has 126 valence electrons. The van der Waals surface area contributed by atoms with Crippen LogP contribution in [0.25, 0.3) is 10.9 Å². The van der Waals surface area contributed by atoms with Crippen LogP contribution in [0, 0.1) is 5.82 Å². The molecule has 1 aliphatic carbocycles. The van der Waals surface area contributed by atoms with Gasteiger partial charge in [0.15, 0.2) is 0 Å². The topological polar surface area (TPSA) is 68.0 Å². The van der Waals surface area contributed by atoms with E-state index in [1.807, 2.05) is 24.3 Å². The highest BCUT2D eigenvalue weighted by Gasteiger charge is 2.45. The molecule has 1 aromatic heterocycles. The van der Waals surface area contributed by atoms with Crippen molar-refractivity contribution in [3.63, 3.8) is 0 Å². The number of pyridine rings is 1. The zero-order valence-electron chi connectivity index (χ0n) is 13.6. The third-order valence-corrected chi connectivity index (χ3v) is 4.64. The lowest BCUT2D eigenvalue weighted by Crippen LogP contribution is -2.36. The van der Waals surface area contributed by atoms with E-state index in [0.717, 1.165) is 29.3 Å². The Kier molecular flexibility index (Phi) is 3.64. The average Bonchev–Trinajstić information content (AvgIpc) is 3.36. The number of carbonyl (C=O) groups is 1. The second-order valence-corrected chi connectivity index (χ2v) is 6.57. The van der Waals surface area contributed by atoms with E-state index in [2.05, 4.69) is 10.3 Å². The van der Waals surface area contributed by atoms with Gasteiger partial charge >= 0.3 is 0 Å². The molecule has 1 aliphatic rings. The van der Waals surface area contributed by atoms with Crippen LogP contribution in [0.15, 0.2) is 54.6 Å². The summed E-state index contributed by atoms with van der Waals surface area (Å²) in [6.45, 7) is 0. The highest BCUT2D eigenvalue weighted by Crippen LogP contribution is 2.45. The molecule has 1 saturated carbocycles. The van der Waals surface area contributed by atoms with Crippen LogP contribution in [0.4, 0.5) is 10.1 Å². The van der Waals surface area contributed by atoms with Crippen molar-refractivity contribution in [1.29, 1.82) is 0 Å². The maximum absolute atomic E-state index is 13.1. The first-order valence-corrected chi connectivity index (χ1v) is 8.26. The molecule has 1 amide bonds. The highest BCUT2D eigenvalue weighted by atomic mass is 19.1. The predicted molar refractivity (Wildman–Crippen MR) is 95.3 cm³/mol. The highest BCUT2D eigenvalue weighted by molar-refractivity contribution is 5.84. The number of amides is 1. The Bertz CT molecular complexity index is 949. The minimum Gasteiger partial charge on any atom is -0.399 e. The van der Waals surface area contributed by atoms with Gasteiger partial charge in [-0.1, -0.05) is 18.2 Å². The number of hydrogen-bond donors (Lipinski definition) is 2. The van der Waals surface area contributed by atoms with Crippen molar-refractivity contribution >= 4 is 22.5 Å². The number of rotatable bonds is 4. The molecule has 5 heteroatoms. The summed E-state index contributed by atoms with van der Waals surface area (Å²) in [5, 5.41) is 4.04. The van der Waals surface area contributed by atoms with Gasteiger partial charge in [-0.15, -0.1) is 0 Å². The molecule has 25 heavy (non-hydrogen) atoms. The van der Waals surface area contributed by atoms with Gasteiger partial charge in [-0.05, 0) is 54.8 Å². The SMILES string of the molecule is Nc1ccc2nc(CC(=O)NC3(c4ccc(F)cc4)CC3)ccc2c1. The Hall–Kier alpha value is -2.95. The van der Waals surface area contributed by atoms with Gasteiger partial charge in [0.25, 0.3) is 0 Å². The summed E-state index contributed by atoms with van der Waals surface area (Å²) in [5.74, 6) is -0.351. The van der Waals surface area contributed by atoms with Crippen LogP contribution < -0.4 is 11.1 Å². The molecule has 3 N–H and O–H groups in total. The molecule has 0 atom stereocenters. The van der Waals surface area contributed by atoms with Crippen LogP contribution >= 0.6 is 0 Å². The van der Waals surface area contributed by atoms with E-state index < -0.39 is 0 Å². The number of carbonyl (C=O) groups excluding carboxylic acids is 1. The van der Waals surface area contributed by atoms with Gasteiger partial charge in [-0.2, -0.15) is 0 Å². The lowest BCUT2D eigenvalue weighted by molar-refractivity contribution is -0.121. The zero-order valence-corrected chi connectivity index (χ0v) is 13.6. The molecular weight excluding hydrogens is 317 g/mol. The van der Waals surface area contributed by atoms with Gasteiger partial charge < -0.3 is 11.1 Å². The van der Waals surface area contributed by atoms with Crippen molar-refractivity contribution in [3.8, 4) is 0 Å². The summed E-state index contributed by atoms with van der Waals surface area (Å²) >= 11 is 0. The van der Waals surface area contributed by atoms with E-state index in [9.17, 15) is 9.18 Å². The molecule has 4 rings (SSSR count). The van der Waals surface area contributed by atoms with E-state index in [1.165, 1.54) is 12.1 Å². The Morgan fingerprint density at radius 2 is 1.88 bits per heavy atom. The number of nitrogen functional groups attached to an aromatic ring is 1. The molecule has 3 aromatic rings. The van der Waals surface area contributed by atoms with Gasteiger partial charge in [-0.25, -0.2) is 4.39 Å². The fourth-order valence-electron chi connectivity index (χ4n) is 3.14. The van der Waals surface area contributed by atoms with Crippen LogP contribution in [0.2, 0.25) is 0 Å². The number of nitrogens with zero attached hydrogens (tertiary/aromatic N) is 1. The molecule has 0 radical (unpaired) electrons. The summed E-state index contributed by atoms with van der Waals surface area (Å²) in [6.07, 6.45) is 1.95. The lowest BCUT2D eigenvalue weighted by atomic mass is 10.0. The molecule has 0 bridgehead atoms. The normalized spacial score (nSPS) is 15.1. The van der Waals surface area contributed by atoms with Crippen LogP contribution in [-0.4, -0.2) is 10.9 Å². The minimum absolute atomic E-state index is 0.0795. The molecule has 4 nitrogen and oxygen atoms in total. The zero-order chi connectivity index (χ0) is 17.4. The first-order chi connectivity index (χ1) is 12.0. The standard InChI is InChI=1S/C20H18FN3O/c21-15-4-2-14(3-5-15)20(9-10-20)24-19(25)12-17-7-1-13-11-16(22)6-8-18(13)23-17/h1-8,11H,9-10,12,22H2,(H,24,25). The summed E-state index contributed by atoms with van der Waals surface area (Å²) in [4.78, 5) is 17.0. The molecular formula is C20H18FN3O. The predicted octanol–water partition coefficient (Wildman–Crippen LogP) is 3.30. The van der Waals surface area contributed by atoms with E-state index in [1.54, 1.807) is 18.2 Å². The molecule has 1 fully saturated rings. The number of nitrogens with one attached hydrogen (secondary N) is 1. The van der Waals surface area contributed by atoms with Gasteiger partial charge in [0.05, 0.1) is 23.2 Å². The van der Waals surface area contributed by atoms with Crippen molar-refractivity contribution in [2.45, 2.75) is 24.8 Å². The number of nitrogens with two attached hydrogens (primary N) is 1. The number of benzene rings is 2. The number of hydrogen-bond acceptors (Lipinski definition) is 3. The molecule has 2 aromatic carbocycles. The smallest absolute Gasteiger partial charge is 0.226 e. The van der Waals surface area contributed by atoms with Crippen LogP contribution in [0.1, 0.15) is 24.1 Å². The van der Waals surface area contributed by atoms with Gasteiger partial charge in [0, 0.05) is 11.1 Å². The fourth-order valence-corrected chi connectivity index (χ4v) is 3.14. The molecule has 0 saturated heterocycles. The number of anilines is 1. The summed E-state index contributed by atoms with van der Waals surface area (Å²) in [5.41, 5.74) is 8.59. The molecule has 0 spiro atoms. The maximum Gasteiger partial charge on any atom is 0.226 e. The van der Waals surface area contributed by atoms with E-state index in [4.69, 9.17) is 5.73 Å². The number of fused-ring (bicyclic) bond motifs is 1. The Morgan fingerprint density at radius 1 is 1.12 bits per heavy atom. The number of halogens is 1. The second kappa shape index (κ2) is 5.84. The van der Waals surface area contributed by atoms with Crippen molar-refractivity contribution < 1.29 is 9.18 Å². The first kappa shape index (κ1) is 15.6. The van der Waals surface area contributed by atoms with Crippen LogP contribution in [0.5, 0.6) is 0 Å². The maximum atomic E-state index is 13.1. The number of aromatic nitrogens is 1. The molecule has 0 aliphatic heterocycles. The first-order valence-electron chi connectivity index (χ1n) is 8.26. The van der Waals surface area contributed by atoms with Crippen LogP contribution in [0.3, 0.4) is 0 Å². The summed E-state index contributed by atoms with van der Waals surface area (Å²) < 4.78 is 13.1. The van der Waals surface area contributed by atoms with Gasteiger partial charge in [-0.3, -0.25) is 9.78 Å². The monoisotopic (exact) mass is 335 g/mol. The summed E-state index contributed by atoms with van der Waals surface area (Å²) in [7, 11) is 0. The van der Waals surface area contributed by atoms with E-state index in [-0.39, 0.29) is 23.7 Å². The van der Waals surface area contributed by atoms with E-state index in [0.29, 0.717) is 11.4 Å². The van der Waals surface area contributed by atoms with Crippen molar-refractivity contribution in [1.82, 2.24) is 10.3 Å². The Balaban J connectivity index is 1.49. The van der Waals surface area contributed by atoms with Crippen LogP contribution in [-0.2, 0) is 16.8 Å². The quantitative estimate of drug-likeness (QED) is 0.719. The Labute approximate surface area is 144 Å². The van der Waals surface area contributed by atoms with Crippen molar-refractivity contribution in [2.75, 3.05) is 5.73 Å². The minimum atomic E-state index is -0.351. The van der Waals surface area contributed by atoms with Gasteiger partial charge in [0.2, 0.25) is 5.91 Å². The molecule has 1 heterocycles. The fraction of sp³-hybridized carbons (Fsp3) is 0.200. The average molecular weight is 335 g/mol. The van der Waals surface area contributed by atoms with Crippen molar-refractivity contribution in [3.05, 3.63) is 71.7 Å². The molecule has 0 unspecified atom stereocenters. The second-order valence-electron chi connectivity index (χ2n) is 6.57. The van der Waals surface area contributed by atoms with Crippen molar-refractivity contribution in [2.24, 2.45) is 0 Å². The largest absolute Gasteiger partial charge is 0.399 e. The Morgan fingerprint density at radius 3 is 2.60 bits per heavy atom.